The standard InChI is InChI=1S/C32H39N3O10/c1-18(7-4-13-24(37)34-14-6-10-21(34)17-36)32(44)22-11-2-3-12-23(22)35(31(32)43)16-19-8-5-9-20(15-19)33-29(41)28-26(39)25(38)27(40)30(42)45-28/h2-5,7-9,11-12,15,18,21,25-28,30,36,38-40,42,44H,6,10,13-14,16-17H2,1H3,(H,33,41)/b7-4+/t18-,21+,25+,26+,27-,28+,30-,32+/m1/s1. The Kier molecular flexibility index (Phi) is 9.70. The third kappa shape index (κ3) is 6.25. The van der Waals surface area contributed by atoms with Crippen molar-refractivity contribution in [3.05, 3.63) is 71.8 Å². The number of fused-ring (bicyclic) bond motifs is 1. The molecule has 0 unspecified atom stereocenters. The smallest absolute Gasteiger partial charge is 0.264 e. The minimum absolute atomic E-state index is 0.0421. The van der Waals surface area contributed by atoms with Crippen LogP contribution in [0.3, 0.4) is 0 Å². The molecule has 0 bridgehead atoms. The van der Waals surface area contributed by atoms with Gasteiger partial charge in [0.05, 0.1) is 24.9 Å². The maximum absolute atomic E-state index is 13.9. The van der Waals surface area contributed by atoms with Crippen molar-refractivity contribution in [3.8, 4) is 0 Å². The van der Waals surface area contributed by atoms with Gasteiger partial charge in [0.1, 0.15) is 18.3 Å². The minimum Gasteiger partial charge on any atom is -0.394 e. The van der Waals surface area contributed by atoms with Crippen LogP contribution in [0.1, 0.15) is 37.3 Å². The molecule has 45 heavy (non-hydrogen) atoms. The fourth-order valence-electron chi connectivity index (χ4n) is 6.26. The van der Waals surface area contributed by atoms with E-state index in [0.29, 0.717) is 23.4 Å². The molecule has 8 atom stereocenters. The van der Waals surface area contributed by atoms with Gasteiger partial charge in [-0.15, -0.1) is 0 Å². The lowest BCUT2D eigenvalue weighted by Gasteiger charge is -2.37. The van der Waals surface area contributed by atoms with Crippen LogP contribution < -0.4 is 10.2 Å². The molecule has 3 heterocycles. The highest BCUT2D eigenvalue weighted by molar-refractivity contribution is 6.07. The van der Waals surface area contributed by atoms with Gasteiger partial charge in [0.2, 0.25) is 5.91 Å². The van der Waals surface area contributed by atoms with Crippen molar-refractivity contribution < 1.29 is 49.8 Å². The van der Waals surface area contributed by atoms with Crippen molar-refractivity contribution in [1.82, 2.24) is 4.90 Å². The number of likely N-dealkylation sites (tertiary alicyclic amines) is 1. The molecule has 0 aromatic heterocycles. The van der Waals surface area contributed by atoms with E-state index in [1.54, 1.807) is 72.5 Å². The van der Waals surface area contributed by atoms with Gasteiger partial charge in [0.15, 0.2) is 18.0 Å². The van der Waals surface area contributed by atoms with Gasteiger partial charge in [-0.25, -0.2) is 0 Å². The summed E-state index contributed by atoms with van der Waals surface area (Å²) >= 11 is 0. The van der Waals surface area contributed by atoms with E-state index in [-0.39, 0.29) is 37.2 Å². The van der Waals surface area contributed by atoms with Crippen LogP contribution in [0.15, 0.2) is 60.7 Å². The predicted molar refractivity (Wildman–Crippen MR) is 160 cm³/mol. The van der Waals surface area contributed by atoms with Crippen LogP contribution in [-0.2, 0) is 31.3 Å². The van der Waals surface area contributed by atoms with Gasteiger partial charge in [-0.3, -0.25) is 14.4 Å². The lowest BCUT2D eigenvalue weighted by molar-refractivity contribution is -0.274. The molecule has 242 valence electrons. The predicted octanol–water partition coefficient (Wildman–Crippen LogP) is -0.275. The molecule has 3 aliphatic heterocycles. The second-order valence-electron chi connectivity index (χ2n) is 11.8. The molecule has 3 aliphatic rings. The summed E-state index contributed by atoms with van der Waals surface area (Å²) in [6, 6.07) is 13.2. The molecule has 0 spiro atoms. The fraction of sp³-hybridized carbons (Fsp3) is 0.469. The van der Waals surface area contributed by atoms with Gasteiger partial charge in [-0.2, -0.15) is 0 Å². The number of anilines is 2. The van der Waals surface area contributed by atoms with E-state index in [1.165, 1.54) is 4.90 Å². The van der Waals surface area contributed by atoms with E-state index in [9.17, 15) is 45.0 Å². The Labute approximate surface area is 260 Å². The zero-order valence-corrected chi connectivity index (χ0v) is 24.8. The second-order valence-corrected chi connectivity index (χ2v) is 11.8. The van der Waals surface area contributed by atoms with E-state index in [1.807, 2.05) is 0 Å². The Bertz CT molecular complexity index is 1450. The lowest BCUT2D eigenvalue weighted by Crippen LogP contribution is -2.60. The molecule has 3 amide bonds. The van der Waals surface area contributed by atoms with Crippen molar-refractivity contribution >= 4 is 29.1 Å². The molecule has 2 fully saturated rings. The first-order valence-corrected chi connectivity index (χ1v) is 15.0. The largest absolute Gasteiger partial charge is 0.394 e. The van der Waals surface area contributed by atoms with E-state index in [4.69, 9.17) is 4.74 Å². The average Bonchev–Trinajstić information content (AvgIpc) is 3.60. The highest BCUT2D eigenvalue weighted by atomic mass is 16.6. The summed E-state index contributed by atoms with van der Waals surface area (Å²) in [5.74, 6) is -2.23. The van der Waals surface area contributed by atoms with Crippen LogP contribution in [0.2, 0.25) is 0 Å². The van der Waals surface area contributed by atoms with Gasteiger partial charge < -0.3 is 50.5 Å². The first-order valence-electron chi connectivity index (χ1n) is 15.0. The van der Waals surface area contributed by atoms with E-state index < -0.39 is 54.0 Å². The molecular weight excluding hydrogens is 586 g/mol. The zero-order chi connectivity index (χ0) is 32.5. The Morgan fingerprint density at radius 2 is 1.84 bits per heavy atom. The van der Waals surface area contributed by atoms with Gasteiger partial charge in [0, 0.05) is 30.1 Å². The Hall–Kier alpha value is -3.69. The van der Waals surface area contributed by atoms with E-state index in [0.717, 1.165) is 12.8 Å². The molecule has 13 nitrogen and oxygen atoms in total. The topological polar surface area (TPSA) is 200 Å². The number of hydrogen-bond acceptors (Lipinski definition) is 10. The van der Waals surface area contributed by atoms with Crippen molar-refractivity contribution in [2.24, 2.45) is 5.92 Å². The molecule has 5 rings (SSSR count). The highest BCUT2D eigenvalue weighted by Crippen LogP contribution is 2.45. The lowest BCUT2D eigenvalue weighted by atomic mass is 9.83. The number of nitrogens with one attached hydrogen (secondary N) is 1. The number of aliphatic hydroxyl groups is 6. The summed E-state index contributed by atoms with van der Waals surface area (Å²) < 4.78 is 4.99. The number of para-hydroxylation sites is 1. The van der Waals surface area contributed by atoms with Gasteiger partial charge in [-0.1, -0.05) is 49.4 Å². The number of carbonyl (C=O) groups is 3. The third-order valence-electron chi connectivity index (χ3n) is 8.84. The fourth-order valence-corrected chi connectivity index (χ4v) is 6.26. The van der Waals surface area contributed by atoms with Crippen LogP contribution in [-0.4, -0.2) is 103 Å². The van der Waals surface area contributed by atoms with Crippen LogP contribution in [0, 0.1) is 5.92 Å². The van der Waals surface area contributed by atoms with Crippen molar-refractivity contribution in [3.63, 3.8) is 0 Å². The molecule has 2 aromatic rings. The first-order chi connectivity index (χ1) is 21.5. The maximum Gasteiger partial charge on any atom is 0.264 e. The molecule has 0 radical (unpaired) electrons. The van der Waals surface area contributed by atoms with Crippen LogP contribution in [0.4, 0.5) is 11.4 Å². The summed E-state index contributed by atoms with van der Waals surface area (Å²) in [5.41, 5.74) is -0.0895. The maximum atomic E-state index is 13.9. The molecule has 0 aliphatic carbocycles. The number of ether oxygens (including phenoxy) is 1. The monoisotopic (exact) mass is 625 g/mol. The molecule has 0 saturated carbocycles. The third-order valence-corrected chi connectivity index (χ3v) is 8.84. The molecule has 2 aromatic carbocycles. The number of aliphatic hydroxyl groups excluding tert-OH is 5. The summed E-state index contributed by atoms with van der Waals surface area (Å²) in [6.07, 6.45) is -3.89. The van der Waals surface area contributed by atoms with Crippen molar-refractivity contribution in [2.75, 3.05) is 23.4 Å². The quantitative estimate of drug-likeness (QED) is 0.182. The van der Waals surface area contributed by atoms with Crippen LogP contribution in [0.5, 0.6) is 0 Å². The number of hydrogen-bond donors (Lipinski definition) is 7. The number of nitrogens with zero attached hydrogens (tertiary/aromatic N) is 2. The van der Waals surface area contributed by atoms with Crippen molar-refractivity contribution in [2.45, 2.75) is 75.1 Å². The highest BCUT2D eigenvalue weighted by Gasteiger charge is 2.52. The molecular formula is C32H39N3O10. The van der Waals surface area contributed by atoms with Crippen LogP contribution in [0.25, 0.3) is 0 Å². The van der Waals surface area contributed by atoms with Gasteiger partial charge in [0.25, 0.3) is 11.8 Å². The van der Waals surface area contributed by atoms with E-state index in [2.05, 4.69) is 5.32 Å². The minimum atomic E-state index is -1.90. The normalized spacial score (nSPS) is 30.5. The number of rotatable bonds is 9. The zero-order valence-electron chi connectivity index (χ0n) is 24.8. The van der Waals surface area contributed by atoms with E-state index >= 15 is 0 Å². The number of benzene rings is 2. The average molecular weight is 626 g/mol. The number of amides is 3. The first kappa shape index (κ1) is 32.7. The summed E-state index contributed by atoms with van der Waals surface area (Å²) in [5, 5.41) is 63.5. The Morgan fingerprint density at radius 1 is 1.09 bits per heavy atom. The van der Waals surface area contributed by atoms with Gasteiger partial charge in [-0.05, 0) is 36.6 Å². The summed E-state index contributed by atoms with van der Waals surface area (Å²) in [7, 11) is 0. The Balaban J connectivity index is 1.29. The molecule has 7 N–H and O–H groups in total. The molecule has 13 heteroatoms. The summed E-state index contributed by atoms with van der Waals surface area (Å²) in [6.45, 7) is 2.26. The van der Waals surface area contributed by atoms with Crippen LogP contribution >= 0.6 is 0 Å². The molecule has 2 saturated heterocycles. The van der Waals surface area contributed by atoms with Gasteiger partial charge >= 0.3 is 0 Å². The summed E-state index contributed by atoms with van der Waals surface area (Å²) in [4.78, 5) is 42.5. The SMILES string of the molecule is C[C@H](/C=C/CC(=O)N1CCC[C@H]1CO)[C@@]1(O)C(=O)N(Cc2cccc(NC(=O)[C@H]3O[C@@H](O)[C@H](O)[C@@H](O)[C@@H]3O)c2)c2ccccc21. The Morgan fingerprint density at radius 3 is 2.60 bits per heavy atom. The number of carbonyl (C=O) groups excluding carboxylic acids is 3. The second kappa shape index (κ2) is 13.3. The van der Waals surface area contributed by atoms with Crippen molar-refractivity contribution in [1.29, 1.82) is 0 Å².